The number of rotatable bonds is 4. The molecule has 3 atom stereocenters. The number of amides is 1. The summed E-state index contributed by atoms with van der Waals surface area (Å²) in [5, 5.41) is 17.5. The van der Waals surface area contributed by atoms with Gasteiger partial charge in [0.05, 0.1) is 4.92 Å². The van der Waals surface area contributed by atoms with Crippen LogP contribution in [-0.4, -0.2) is 33.9 Å². The number of carbonyl (C=O) groups is 1. The average Bonchev–Trinajstić information content (AvgIpc) is 3.31. The summed E-state index contributed by atoms with van der Waals surface area (Å²) in [5.41, 5.74) is 1.88. The van der Waals surface area contributed by atoms with E-state index in [1.807, 2.05) is 0 Å². The van der Waals surface area contributed by atoms with Gasteiger partial charge in [-0.1, -0.05) is 12.1 Å². The summed E-state index contributed by atoms with van der Waals surface area (Å²) in [6.07, 6.45) is 3.28. The lowest BCUT2D eigenvalue weighted by Gasteiger charge is -2.21. The van der Waals surface area contributed by atoms with Crippen LogP contribution in [0.3, 0.4) is 0 Å². The van der Waals surface area contributed by atoms with Gasteiger partial charge in [0.25, 0.3) is 11.6 Å². The van der Waals surface area contributed by atoms with Crippen molar-refractivity contribution in [1.29, 1.82) is 0 Å². The topological polar surface area (TPSA) is 100 Å². The lowest BCUT2D eigenvalue weighted by Crippen LogP contribution is -2.43. The van der Waals surface area contributed by atoms with Crippen LogP contribution >= 0.6 is 0 Å². The number of aromatic amines is 1. The lowest BCUT2D eigenvalue weighted by atomic mass is 9.95. The molecule has 3 N–H and O–H groups in total. The number of hydrogen-bond acceptors (Lipinski definition) is 4. The van der Waals surface area contributed by atoms with Crippen molar-refractivity contribution in [1.82, 2.24) is 15.6 Å². The minimum Gasteiger partial charge on any atom is -0.351 e. The number of hydrogen-bond donors (Lipinski definition) is 3. The molecule has 2 aliphatic heterocycles. The second-order valence-corrected chi connectivity index (χ2v) is 6.46. The zero-order chi connectivity index (χ0) is 16.7. The van der Waals surface area contributed by atoms with E-state index in [1.165, 1.54) is 18.6 Å². The highest BCUT2D eigenvalue weighted by Gasteiger charge is 2.39. The van der Waals surface area contributed by atoms with Gasteiger partial charge in [0.2, 0.25) is 0 Å². The number of aromatic nitrogens is 1. The molecule has 7 heteroatoms. The maximum atomic E-state index is 12.4. The van der Waals surface area contributed by atoms with Crippen molar-refractivity contribution >= 4 is 11.6 Å². The first-order valence-electron chi connectivity index (χ1n) is 8.11. The quantitative estimate of drug-likeness (QED) is 0.592. The summed E-state index contributed by atoms with van der Waals surface area (Å²) >= 11 is 0. The molecule has 2 fully saturated rings. The van der Waals surface area contributed by atoms with Crippen LogP contribution in [-0.2, 0) is 0 Å². The first-order valence-corrected chi connectivity index (χ1v) is 8.11. The van der Waals surface area contributed by atoms with Crippen molar-refractivity contribution in [2.45, 2.75) is 37.4 Å². The third kappa shape index (κ3) is 2.67. The molecule has 0 aliphatic carbocycles. The first kappa shape index (κ1) is 14.9. The number of H-pyrrole nitrogens is 1. The Kier molecular flexibility index (Phi) is 3.57. The van der Waals surface area contributed by atoms with Gasteiger partial charge in [0.1, 0.15) is 5.69 Å². The minimum absolute atomic E-state index is 0.0288. The fraction of sp³-hybridized carbons (Fsp3) is 0.353. The van der Waals surface area contributed by atoms with E-state index >= 15 is 0 Å². The van der Waals surface area contributed by atoms with Gasteiger partial charge in [0.15, 0.2) is 0 Å². The Balaban J connectivity index is 1.49. The number of benzene rings is 1. The summed E-state index contributed by atoms with van der Waals surface area (Å²) in [5.74, 6) is -0.133. The molecule has 0 spiro atoms. The molecule has 124 valence electrons. The highest BCUT2D eigenvalue weighted by atomic mass is 16.6. The highest BCUT2D eigenvalue weighted by molar-refractivity contribution is 5.93. The largest absolute Gasteiger partial charge is 0.351 e. The van der Waals surface area contributed by atoms with Crippen LogP contribution in [0.15, 0.2) is 36.4 Å². The van der Waals surface area contributed by atoms with Crippen LogP contribution in [0, 0.1) is 10.1 Å². The van der Waals surface area contributed by atoms with E-state index in [2.05, 4.69) is 15.6 Å². The number of nitrogens with zero attached hydrogens (tertiary/aromatic N) is 1. The molecule has 7 nitrogen and oxygen atoms in total. The molecule has 24 heavy (non-hydrogen) atoms. The van der Waals surface area contributed by atoms with Crippen molar-refractivity contribution in [2.24, 2.45) is 0 Å². The van der Waals surface area contributed by atoms with Gasteiger partial charge >= 0.3 is 0 Å². The van der Waals surface area contributed by atoms with E-state index < -0.39 is 4.92 Å². The Morgan fingerprint density at radius 3 is 2.83 bits per heavy atom. The zero-order valence-electron chi connectivity index (χ0n) is 13.0. The molecule has 2 bridgehead atoms. The third-order valence-electron chi connectivity index (χ3n) is 4.92. The maximum absolute atomic E-state index is 12.4. The number of nitro groups is 1. The molecule has 1 amide bonds. The fourth-order valence-electron chi connectivity index (χ4n) is 3.71. The van der Waals surface area contributed by atoms with Crippen molar-refractivity contribution in [2.75, 3.05) is 0 Å². The van der Waals surface area contributed by atoms with E-state index in [0.717, 1.165) is 12.8 Å². The number of nitrogens with one attached hydrogen (secondary N) is 3. The Hall–Kier alpha value is -2.67. The van der Waals surface area contributed by atoms with Crippen LogP contribution in [0.25, 0.3) is 11.3 Å². The van der Waals surface area contributed by atoms with Crippen LogP contribution < -0.4 is 10.6 Å². The van der Waals surface area contributed by atoms with Crippen molar-refractivity contribution in [3.8, 4) is 11.3 Å². The van der Waals surface area contributed by atoms with Crippen LogP contribution in [0.2, 0.25) is 0 Å². The molecule has 0 saturated carbocycles. The van der Waals surface area contributed by atoms with Gasteiger partial charge in [-0.25, -0.2) is 0 Å². The standard InChI is InChI=1S/C17H18N4O3/c22-17(20-16-9-11-4-5-14(16)18-11)15-7-6-13(19-15)10-2-1-3-12(8-10)21(23)24/h1-3,6-8,11,14,16,18-19H,4-5,9H2,(H,20,22)/t11-,14+,16-/m1/s1. The van der Waals surface area contributed by atoms with E-state index in [4.69, 9.17) is 0 Å². The van der Waals surface area contributed by atoms with Crippen LogP contribution in [0.1, 0.15) is 29.8 Å². The molecule has 2 saturated heterocycles. The van der Waals surface area contributed by atoms with Gasteiger partial charge in [-0.15, -0.1) is 0 Å². The molecular formula is C17H18N4O3. The predicted octanol–water partition coefficient (Wildman–Crippen LogP) is 2.21. The smallest absolute Gasteiger partial charge is 0.270 e. The second kappa shape index (κ2) is 5.76. The number of nitro benzene ring substituents is 1. The highest BCUT2D eigenvalue weighted by Crippen LogP contribution is 2.28. The summed E-state index contributed by atoms with van der Waals surface area (Å²) in [7, 11) is 0. The Bertz CT molecular complexity index is 801. The molecule has 4 rings (SSSR count). The molecule has 2 aromatic rings. The molecule has 1 aromatic carbocycles. The third-order valence-corrected chi connectivity index (χ3v) is 4.92. The van der Waals surface area contributed by atoms with Gasteiger partial charge in [-0.05, 0) is 31.4 Å². The lowest BCUT2D eigenvalue weighted by molar-refractivity contribution is -0.384. The van der Waals surface area contributed by atoms with Gasteiger partial charge in [0, 0.05) is 41.5 Å². The SMILES string of the molecule is O=C(N[C@@H]1C[C@H]2CC[C@@H]1N2)c1ccc(-c2cccc([N+](=O)[O-])c2)[nH]1. The monoisotopic (exact) mass is 326 g/mol. The number of carbonyl (C=O) groups excluding carboxylic acids is 1. The van der Waals surface area contributed by atoms with E-state index in [0.29, 0.717) is 29.0 Å². The molecule has 1 aromatic heterocycles. The molecule has 2 aliphatic rings. The summed E-state index contributed by atoms with van der Waals surface area (Å²) < 4.78 is 0. The zero-order valence-corrected chi connectivity index (χ0v) is 13.0. The van der Waals surface area contributed by atoms with Crippen LogP contribution in [0.4, 0.5) is 5.69 Å². The minimum atomic E-state index is -0.428. The maximum Gasteiger partial charge on any atom is 0.270 e. The van der Waals surface area contributed by atoms with E-state index in [-0.39, 0.29) is 17.6 Å². The fourth-order valence-corrected chi connectivity index (χ4v) is 3.71. The van der Waals surface area contributed by atoms with Gasteiger partial charge in [-0.2, -0.15) is 0 Å². The molecular weight excluding hydrogens is 308 g/mol. The number of non-ortho nitro benzene ring substituents is 1. The van der Waals surface area contributed by atoms with E-state index in [9.17, 15) is 14.9 Å². The van der Waals surface area contributed by atoms with Crippen molar-refractivity contribution in [3.63, 3.8) is 0 Å². The predicted molar refractivity (Wildman–Crippen MR) is 88.7 cm³/mol. The first-order chi connectivity index (χ1) is 11.6. The Morgan fingerprint density at radius 1 is 1.25 bits per heavy atom. The normalized spacial score (nSPS) is 24.9. The van der Waals surface area contributed by atoms with Crippen molar-refractivity contribution in [3.05, 3.63) is 52.2 Å². The van der Waals surface area contributed by atoms with E-state index in [1.54, 1.807) is 24.3 Å². The Morgan fingerprint density at radius 2 is 2.12 bits per heavy atom. The summed E-state index contributed by atoms with van der Waals surface area (Å²) in [6.45, 7) is 0. The number of fused-ring (bicyclic) bond motifs is 2. The molecule has 3 heterocycles. The second-order valence-electron chi connectivity index (χ2n) is 6.46. The average molecular weight is 326 g/mol. The van der Waals surface area contributed by atoms with Crippen LogP contribution in [0.5, 0.6) is 0 Å². The van der Waals surface area contributed by atoms with Crippen molar-refractivity contribution < 1.29 is 9.72 Å². The van der Waals surface area contributed by atoms with Gasteiger partial charge in [-0.3, -0.25) is 14.9 Å². The summed E-state index contributed by atoms with van der Waals surface area (Å²) in [6, 6.07) is 10.9. The summed E-state index contributed by atoms with van der Waals surface area (Å²) in [4.78, 5) is 25.9. The molecule has 0 unspecified atom stereocenters. The van der Waals surface area contributed by atoms with Gasteiger partial charge < -0.3 is 15.6 Å². The Labute approximate surface area is 138 Å². The molecule has 0 radical (unpaired) electrons.